The van der Waals surface area contributed by atoms with Crippen LogP contribution in [0.15, 0.2) is 54.7 Å². The van der Waals surface area contributed by atoms with Crippen LogP contribution in [0.1, 0.15) is 29.7 Å². The van der Waals surface area contributed by atoms with Crippen molar-refractivity contribution in [3.8, 4) is 0 Å². The first-order valence-corrected chi connectivity index (χ1v) is 5.87. The Morgan fingerprint density at radius 2 is 1.94 bits per heavy atom. The zero-order valence-electron chi connectivity index (χ0n) is 10.2. The highest BCUT2D eigenvalue weighted by atomic mass is 16.1. The van der Waals surface area contributed by atoms with Crippen LogP contribution in [-0.4, -0.2) is 11.3 Å². The first-order valence-electron chi connectivity index (χ1n) is 5.87. The second-order valence-electron chi connectivity index (χ2n) is 4.06. The minimum atomic E-state index is 0.193. The molecule has 1 aromatic carbocycles. The molecule has 2 nitrogen and oxygen atoms in total. The molecule has 0 saturated carbocycles. The van der Waals surface area contributed by atoms with E-state index >= 15 is 0 Å². The molecule has 0 aliphatic carbocycles. The third-order valence-electron chi connectivity index (χ3n) is 2.92. The first kappa shape index (κ1) is 12.2. The van der Waals surface area contributed by atoms with E-state index in [2.05, 4.69) is 18.0 Å². The molecule has 1 aromatic heterocycles. The number of aromatic nitrogens is 1. The Morgan fingerprint density at radius 3 is 2.67 bits per heavy atom. The van der Waals surface area contributed by atoms with Crippen LogP contribution in [0.25, 0.3) is 6.08 Å². The zero-order chi connectivity index (χ0) is 12.8. The van der Waals surface area contributed by atoms with Gasteiger partial charge in [0.05, 0.1) is 0 Å². The van der Waals surface area contributed by atoms with Crippen molar-refractivity contribution < 1.29 is 4.79 Å². The molecule has 0 saturated heterocycles. The van der Waals surface area contributed by atoms with Gasteiger partial charge in [0.2, 0.25) is 6.29 Å². The van der Waals surface area contributed by atoms with Gasteiger partial charge in [-0.25, -0.2) is 0 Å². The van der Waals surface area contributed by atoms with Gasteiger partial charge in [-0.05, 0) is 29.3 Å². The Balaban J connectivity index is 2.39. The van der Waals surface area contributed by atoms with Crippen molar-refractivity contribution in [2.24, 2.45) is 0 Å². The van der Waals surface area contributed by atoms with Crippen molar-refractivity contribution >= 4 is 12.4 Å². The fraction of sp³-hybridized carbons (Fsp3) is 0.125. The van der Waals surface area contributed by atoms with Gasteiger partial charge in [-0.1, -0.05) is 43.3 Å². The van der Waals surface area contributed by atoms with Crippen molar-refractivity contribution in [2.45, 2.75) is 12.8 Å². The van der Waals surface area contributed by atoms with Crippen LogP contribution >= 0.6 is 0 Å². The van der Waals surface area contributed by atoms with E-state index in [-0.39, 0.29) is 5.92 Å². The van der Waals surface area contributed by atoms with Gasteiger partial charge >= 0.3 is 0 Å². The van der Waals surface area contributed by atoms with Crippen molar-refractivity contribution in [3.05, 3.63) is 71.6 Å². The topological polar surface area (TPSA) is 30.0 Å². The minimum absolute atomic E-state index is 0.193. The van der Waals surface area contributed by atoms with Gasteiger partial charge in [-0.2, -0.15) is 0 Å². The van der Waals surface area contributed by atoms with E-state index in [0.717, 1.165) is 16.8 Å². The van der Waals surface area contributed by atoms with E-state index in [9.17, 15) is 4.79 Å². The fourth-order valence-electron chi connectivity index (χ4n) is 1.97. The normalized spacial score (nSPS) is 12.5. The molecule has 2 rings (SSSR count). The van der Waals surface area contributed by atoms with Crippen LogP contribution in [0.2, 0.25) is 0 Å². The quantitative estimate of drug-likeness (QED) is 0.762. The summed E-state index contributed by atoms with van der Waals surface area (Å²) in [6, 6.07) is 13.9. The monoisotopic (exact) mass is 236 g/mol. The molecule has 2 heteroatoms. The largest absolute Gasteiger partial charge is 0.286 e. The number of rotatable bonds is 4. The van der Waals surface area contributed by atoms with Gasteiger partial charge in [-0.3, -0.25) is 9.78 Å². The summed E-state index contributed by atoms with van der Waals surface area (Å²) in [5.74, 6) is 0.193. The third kappa shape index (κ3) is 2.72. The van der Waals surface area contributed by atoms with E-state index in [0.29, 0.717) is 0 Å². The van der Waals surface area contributed by atoms with Crippen LogP contribution in [0.5, 0.6) is 0 Å². The Bertz CT molecular complexity index is 546. The molecule has 1 atom stereocenters. The lowest BCUT2D eigenvalue weighted by atomic mass is 9.92. The van der Waals surface area contributed by atoms with Gasteiger partial charge in [0.15, 0.2) is 0 Å². The van der Waals surface area contributed by atoms with Gasteiger partial charge in [0.25, 0.3) is 0 Å². The molecule has 1 heterocycles. The third-order valence-corrected chi connectivity index (χ3v) is 2.92. The summed E-state index contributed by atoms with van der Waals surface area (Å²) in [6.45, 7) is 2.11. The van der Waals surface area contributed by atoms with Crippen LogP contribution < -0.4 is 0 Å². The number of hydrogen-bond acceptors (Lipinski definition) is 2. The Labute approximate surface area is 107 Å². The molecule has 2 aromatic rings. The molecule has 0 spiro atoms. The molecule has 18 heavy (non-hydrogen) atoms. The summed E-state index contributed by atoms with van der Waals surface area (Å²) in [5.41, 5.74) is 3.20. The maximum atomic E-state index is 10.3. The van der Waals surface area contributed by atoms with Crippen molar-refractivity contribution in [3.63, 3.8) is 0 Å². The molecule has 1 unspecified atom stereocenters. The molecular weight excluding hydrogens is 222 g/mol. The number of allylic oxidation sites excluding steroid dienone is 1. The second-order valence-corrected chi connectivity index (χ2v) is 4.06. The lowest BCUT2D eigenvalue weighted by Crippen LogP contribution is -2.00. The van der Waals surface area contributed by atoms with Crippen LogP contribution in [0, 0.1) is 0 Å². The maximum Gasteiger partial charge on any atom is 0.225 e. The fourth-order valence-corrected chi connectivity index (χ4v) is 1.97. The number of pyridine rings is 1. The summed E-state index contributed by atoms with van der Waals surface area (Å²) in [6.07, 6.45) is 6.74. The predicted octanol–water partition coefficient (Wildman–Crippen LogP) is 3.36. The highest BCUT2D eigenvalue weighted by Crippen LogP contribution is 2.26. The molecule has 0 aliphatic heterocycles. The van der Waals surface area contributed by atoms with Crippen molar-refractivity contribution in [2.75, 3.05) is 0 Å². The molecule has 0 amide bonds. The smallest absolute Gasteiger partial charge is 0.225 e. The van der Waals surface area contributed by atoms with Crippen molar-refractivity contribution in [1.82, 2.24) is 4.98 Å². The average molecular weight is 236 g/mol. The number of hydrogen-bond donors (Lipinski definition) is 0. The van der Waals surface area contributed by atoms with E-state index < -0.39 is 0 Å². The van der Waals surface area contributed by atoms with Gasteiger partial charge < -0.3 is 0 Å². The Kier molecular flexibility index (Phi) is 4.02. The maximum absolute atomic E-state index is 10.3. The van der Waals surface area contributed by atoms with Gasteiger partial charge in [0.1, 0.15) is 0 Å². The molecule has 1 radical (unpaired) electrons. The highest BCUT2D eigenvalue weighted by Gasteiger charge is 2.11. The van der Waals surface area contributed by atoms with E-state index in [1.165, 1.54) is 6.08 Å². The van der Waals surface area contributed by atoms with E-state index in [1.807, 2.05) is 36.4 Å². The molecule has 89 valence electrons. The molecule has 0 N–H and O–H groups in total. The van der Waals surface area contributed by atoms with Crippen LogP contribution in [0.4, 0.5) is 0 Å². The lowest BCUT2D eigenvalue weighted by molar-refractivity contribution is 0.564. The van der Waals surface area contributed by atoms with Crippen molar-refractivity contribution in [1.29, 1.82) is 0 Å². The average Bonchev–Trinajstić information content (AvgIpc) is 2.45. The SMILES string of the molecule is CC(c1ccccn1)c1ccccc1/C=C/[C]=O. The summed E-state index contributed by atoms with van der Waals surface area (Å²) in [5, 5.41) is 0. The number of carbonyl (C=O) groups excluding carboxylic acids is 1. The Hall–Kier alpha value is -2.22. The molecular formula is C16H14NO. The molecule has 0 aliphatic rings. The van der Waals surface area contributed by atoms with E-state index in [1.54, 1.807) is 18.6 Å². The predicted molar refractivity (Wildman–Crippen MR) is 72.9 cm³/mol. The first-order chi connectivity index (χ1) is 8.83. The molecule has 0 bridgehead atoms. The summed E-state index contributed by atoms with van der Waals surface area (Å²) in [7, 11) is 0. The second kappa shape index (κ2) is 5.92. The van der Waals surface area contributed by atoms with Gasteiger partial charge in [-0.15, -0.1) is 0 Å². The van der Waals surface area contributed by atoms with E-state index in [4.69, 9.17) is 0 Å². The minimum Gasteiger partial charge on any atom is -0.286 e. The Morgan fingerprint density at radius 1 is 1.17 bits per heavy atom. The summed E-state index contributed by atoms with van der Waals surface area (Å²) in [4.78, 5) is 14.7. The summed E-state index contributed by atoms with van der Waals surface area (Å²) >= 11 is 0. The number of nitrogens with zero attached hydrogens (tertiary/aromatic N) is 1. The zero-order valence-corrected chi connectivity index (χ0v) is 10.2. The van der Waals surface area contributed by atoms with Crippen LogP contribution in [-0.2, 0) is 4.79 Å². The number of benzene rings is 1. The summed E-state index contributed by atoms with van der Waals surface area (Å²) < 4.78 is 0. The molecule has 0 fully saturated rings. The van der Waals surface area contributed by atoms with Crippen LogP contribution in [0.3, 0.4) is 0 Å². The van der Waals surface area contributed by atoms with Gasteiger partial charge in [0, 0.05) is 17.8 Å². The highest BCUT2D eigenvalue weighted by molar-refractivity contribution is 5.75. The lowest BCUT2D eigenvalue weighted by Gasteiger charge is -2.14. The standard InChI is InChI=1S/C16H14NO/c1-13(16-10-4-5-11-17-16)15-9-3-2-7-14(15)8-6-12-18/h2-11,13H,1H3/b8-6+.